The number of hydrogen-bond acceptors (Lipinski definition) is 9. The first-order valence-electron chi connectivity index (χ1n) is 12.5. The number of halogens is 1. The molecule has 0 fully saturated rings. The molecule has 0 aliphatic rings. The summed E-state index contributed by atoms with van der Waals surface area (Å²) in [6.45, 7) is 11.5. The lowest BCUT2D eigenvalue weighted by molar-refractivity contribution is -0.150. The van der Waals surface area contributed by atoms with Gasteiger partial charge < -0.3 is 37.9 Å². The Morgan fingerprint density at radius 3 is 1.26 bits per heavy atom. The molecule has 0 aliphatic heterocycles. The molecule has 0 N–H and O–H groups in total. The number of carbonyl (C=O) groups excluding carboxylic acids is 1. The molecule has 10 heteroatoms. The maximum absolute atomic E-state index is 12.0. The second kappa shape index (κ2) is 28.7. The number of ether oxygens (including phenoxy) is 8. The van der Waals surface area contributed by atoms with Gasteiger partial charge in [0.2, 0.25) is 0 Å². The molecule has 0 bridgehead atoms. The van der Waals surface area contributed by atoms with E-state index in [4.69, 9.17) is 49.5 Å². The molecule has 9 nitrogen and oxygen atoms in total. The number of rotatable bonds is 28. The fourth-order valence-corrected chi connectivity index (χ4v) is 2.84. The summed E-state index contributed by atoms with van der Waals surface area (Å²) in [4.78, 5) is 12.0. The Labute approximate surface area is 211 Å². The molecule has 0 aromatic rings. The Kier molecular flexibility index (Phi) is 28.3. The van der Waals surface area contributed by atoms with Crippen molar-refractivity contribution in [1.29, 1.82) is 0 Å². The highest BCUT2D eigenvalue weighted by Gasteiger charge is 2.16. The van der Waals surface area contributed by atoms with Gasteiger partial charge in [0.05, 0.1) is 98.4 Å². The zero-order valence-electron chi connectivity index (χ0n) is 21.3. The van der Waals surface area contributed by atoms with Crippen LogP contribution >= 0.6 is 11.6 Å². The van der Waals surface area contributed by atoms with Crippen molar-refractivity contribution in [3.63, 3.8) is 0 Å². The van der Waals surface area contributed by atoms with Crippen LogP contribution in [0.2, 0.25) is 0 Å². The van der Waals surface area contributed by atoms with Crippen LogP contribution in [0.3, 0.4) is 0 Å². The van der Waals surface area contributed by atoms with Crippen molar-refractivity contribution in [3.05, 3.63) is 0 Å². The van der Waals surface area contributed by atoms with Crippen molar-refractivity contribution in [2.24, 2.45) is 5.92 Å². The summed E-state index contributed by atoms with van der Waals surface area (Å²) in [5.41, 5.74) is 0. The fraction of sp³-hybridized carbons (Fsp3) is 0.958. The highest BCUT2D eigenvalue weighted by molar-refractivity contribution is 6.17. The van der Waals surface area contributed by atoms with E-state index >= 15 is 0 Å². The zero-order valence-corrected chi connectivity index (χ0v) is 22.0. The molecular formula is C24H47ClO9. The summed E-state index contributed by atoms with van der Waals surface area (Å²) < 4.78 is 42.9. The highest BCUT2D eigenvalue weighted by Crippen LogP contribution is 2.14. The quantitative estimate of drug-likeness (QED) is 0.0887. The molecule has 0 amide bonds. The van der Waals surface area contributed by atoms with Crippen molar-refractivity contribution in [2.45, 2.75) is 39.5 Å². The molecule has 0 spiro atoms. The Morgan fingerprint density at radius 1 is 0.588 bits per heavy atom. The first-order chi connectivity index (χ1) is 16.8. The minimum atomic E-state index is -0.116. The first-order valence-corrected chi connectivity index (χ1v) is 13.1. The van der Waals surface area contributed by atoms with E-state index in [0.29, 0.717) is 98.4 Å². The Bertz CT molecular complexity index is 416. The van der Waals surface area contributed by atoms with E-state index in [-0.39, 0.29) is 18.5 Å². The number of hydrogen-bond donors (Lipinski definition) is 0. The first kappa shape index (κ1) is 33.5. The predicted molar refractivity (Wildman–Crippen MR) is 131 cm³/mol. The topological polar surface area (TPSA) is 90.9 Å². The van der Waals surface area contributed by atoms with E-state index in [1.807, 2.05) is 6.92 Å². The van der Waals surface area contributed by atoms with Crippen molar-refractivity contribution in [1.82, 2.24) is 0 Å². The molecule has 204 valence electrons. The second-order valence-corrected chi connectivity index (χ2v) is 7.77. The molecule has 0 saturated heterocycles. The summed E-state index contributed by atoms with van der Waals surface area (Å²) in [5.74, 6) is 0.387. The van der Waals surface area contributed by atoms with Crippen LogP contribution in [-0.4, -0.2) is 111 Å². The van der Waals surface area contributed by atoms with Gasteiger partial charge in [-0.25, -0.2) is 0 Å². The smallest absolute Gasteiger partial charge is 0.308 e. The average Bonchev–Trinajstić information content (AvgIpc) is 2.85. The van der Waals surface area contributed by atoms with Crippen LogP contribution < -0.4 is 0 Å². The second-order valence-electron chi connectivity index (χ2n) is 7.39. The Balaban J connectivity index is 3.18. The third-order valence-corrected chi connectivity index (χ3v) is 4.81. The predicted octanol–water partition coefficient (Wildman–Crippen LogP) is 3.10. The lowest BCUT2D eigenvalue weighted by atomic mass is 10.00. The van der Waals surface area contributed by atoms with Crippen LogP contribution in [-0.2, 0) is 42.7 Å². The van der Waals surface area contributed by atoms with Gasteiger partial charge in [-0.15, -0.1) is 11.6 Å². The molecule has 0 heterocycles. The zero-order chi connectivity index (χ0) is 25.0. The van der Waals surface area contributed by atoms with Crippen LogP contribution in [0.4, 0.5) is 0 Å². The van der Waals surface area contributed by atoms with E-state index in [9.17, 15) is 4.79 Å². The van der Waals surface area contributed by atoms with Crippen LogP contribution in [0.1, 0.15) is 39.5 Å². The van der Waals surface area contributed by atoms with E-state index in [1.54, 1.807) is 0 Å². The fourth-order valence-electron chi connectivity index (χ4n) is 2.73. The largest absolute Gasteiger partial charge is 0.463 e. The van der Waals surface area contributed by atoms with Crippen molar-refractivity contribution in [3.8, 4) is 0 Å². The molecule has 1 atom stereocenters. The van der Waals surface area contributed by atoms with Crippen LogP contribution in [0.15, 0.2) is 0 Å². The van der Waals surface area contributed by atoms with Gasteiger partial charge in [-0.1, -0.05) is 26.7 Å². The van der Waals surface area contributed by atoms with E-state index in [2.05, 4.69) is 6.92 Å². The normalized spacial score (nSPS) is 12.2. The monoisotopic (exact) mass is 514 g/mol. The van der Waals surface area contributed by atoms with Gasteiger partial charge in [0.15, 0.2) is 0 Å². The summed E-state index contributed by atoms with van der Waals surface area (Å²) in [6, 6.07) is 0. The van der Waals surface area contributed by atoms with E-state index in [0.717, 1.165) is 25.7 Å². The van der Waals surface area contributed by atoms with E-state index < -0.39 is 0 Å². The standard InChI is InChI=1S/C24H47ClO9/c1-3-5-6-23(4-2)24(26)34-22-21-33-20-19-32-18-17-31-16-15-30-14-13-29-12-11-28-10-9-27-8-7-25/h23H,3-22H2,1-2H3. The number of unbranched alkanes of at least 4 members (excludes halogenated alkanes) is 1. The molecule has 0 rings (SSSR count). The minimum Gasteiger partial charge on any atom is -0.463 e. The van der Waals surface area contributed by atoms with E-state index in [1.165, 1.54) is 0 Å². The maximum atomic E-state index is 12.0. The molecular weight excluding hydrogens is 468 g/mol. The third-order valence-electron chi connectivity index (χ3n) is 4.66. The van der Waals surface area contributed by atoms with Gasteiger partial charge in [0, 0.05) is 5.88 Å². The summed E-state index contributed by atoms with van der Waals surface area (Å²) >= 11 is 5.50. The lowest BCUT2D eigenvalue weighted by Crippen LogP contribution is -2.20. The maximum Gasteiger partial charge on any atom is 0.308 e. The van der Waals surface area contributed by atoms with Crippen LogP contribution in [0.25, 0.3) is 0 Å². The molecule has 0 aromatic carbocycles. The average molecular weight is 515 g/mol. The molecule has 0 aromatic heterocycles. The van der Waals surface area contributed by atoms with Gasteiger partial charge >= 0.3 is 5.97 Å². The summed E-state index contributed by atoms with van der Waals surface area (Å²) in [7, 11) is 0. The summed E-state index contributed by atoms with van der Waals surface area (Å²) in [6.07, 6.45) is 3.86. The SMILES string of the molecule is CCCCC(CC)C(=O)OCCOCCOCCOCCOCCOCCOCCOCCCl. The Hall–Kier alpha value is -0.520. The molecule has 0 radical (unpaired) electrons. The molecule has 0 saturated carbocycles. The number of esters is 1. The van der Waals surface area contributed by atoms with Gasteiger partial charge in [0.1, 0.15) is 6.61 Å². The number of alkyl halides is 1. The molecule has 0 aliphatic carbocycles. The van der Waals surface area contributed by atoms with Crippen molar-refractivity contribution in [2.75, 3.05) is 105 Å². The van der Waals surface area contributed by atoms with Crippen LogP contribution in [0, 0.1) is 5.92 Å². The molecule has 34 heavy (non-hydrogen) atoms. The Morgan fingerprint density at radius 2 is 0.941 bits per heavy atom. The van der Waals surface area contributed by atoms with Gasteiger partial charge in [-0.05, 0) is 12.8 Å². The van der Waals surface area contributed by atoms with Gasteiger partial charge in [-0.3, -0.25) is 4.79 Å². The molecule has 1 unspecified atom stereocenters. The minimum absolute atomic E-state index is 0.00459. The van der Waals surface area contributed by atoms with Crippen molar-refractivity contribution >= 4 is 17.6 Å². The third kappa shape index (κ3) is 24.6. The highest BCUT2D eigenvalue weighted by atomic mass is 35.5. The van der Waals surface area contributed by atoms with Gasteiger partial charge in [-0.2, -0.15) is 0 Å². The van der Waals surface area contributed by atoms with Crippen LogP contribution in [0.5, 0.6) is 0 Å². The van der Waals surface area contributed by atoms with Crippen molar-refractivity contribution < 1.29 is 42.7 Å². The summed E-state index contributed by atoms with van der Waals surface area (Å²) in [5, 5.41) is 0. The number of carbonyl (C=O) groups is 1. The van der Waals surface area contributed by atoms with Gasteiger partial charge in [0.25, 0.3) is 0 Å². The lowest BCUT2D eigenvalue weighted by Gasteiger charge is -2.13.